The molecule has 1 nitrogen and oxygen atoms in total. The number of aryl methyl sites for hydroxylation is 2. The summed E-state index contributed by atoms with van der Waals surface area (Å²) in [6.45, 7) is 6.35. The average Bonchev–Trinajstić information content (AvgIpc) is 2.09. The van der Waals surface area contributed by atoms with Crippen molar-refractivity contribution in [2.75, 3.05) is 0 Å². The van der Waals surface area contributed by atoms with Crippen LogP contribution in [0.15, 0.2) is 6.07 Å². The summed E-state index contributed by atoms with van der Waals surface area (Å²) in [5, 5.41) is 0. The van der Waals surface area contributed by atoms with Gasteiger partial charge in [-0.25, -0.2) is 0 Å². The molecule has 0 saturated carbocycles. The molecule has 0 fully saturated rings. The summed E-state index contributed by atoms with van der Waals surface area (Å²) in [5.74, 6) is 0. The van der Waals surface area contributed by atoms with Crippen LogP contribution in [0.3, 0.4) is 0 Å². The molecule has 62 valence electrons. The van der Waals surface area contributed by atoms with Crippen LogP contribution in [0.4, 0.5) is 0 Å². The van der Waals surface area contributed by atoms with Gasteiger partial charge in [0.15, 0.2) is 0 Å². The predicted molar refractivity (Wildman–Crippen MR) is 51.1 cm³/mol. The normalized spacial score (nSPS) is 13.5. The monoisotopic (exact) mass is 169 g/mol. The van der Waals surface area contributed by atoms with Gasteiger partial charge in [-0.15, -0.1) is 11.3 Å². The van der Waals surface area contributed by atoms with Gasteiger partial charge in [-0.1, -0.05) is 0 Å². The van der Waals surface area contributed by atoms with Crippen LogP contribution in [0.1, 0.15) is 22.2 Å². The molecule has 2 heteroatoms. The van der Waals surface area contributed by atoms with Gasteiger partial charge in [0, 0.05) is 15.8 Å². The van der Waals surface area contributed by atoms with Gasteiger partial charge in [0.25, 0.3) is 0 Å². The van der Waals surface area contributed by atoms with Crippen LogP contribution in [0.5, 0.6) is 0 Å². The van der Waals surface area contributed by atoms with Gasteiger partial charge in [0.1, 0.15) is 0 Å². The first-order valence-corrected chi connectivity index (χ1v) is 4.72. The smallest absolute Gasteiger partial charge is 0.00925 e. The van der Waals surface area contributed by atoms with Crippen LogP contribution in [0.25, 0.3) is 0 Å². The lowest BCUT2D eigenvalue weighted by molar-refractivity contribution is 0.744. The predicted octanol–water partition coefficient (Wildman–Crippen LogP) is 2.25. The Kier molecular flexibility index (Phi) is 2.68. The summed E-state index contributed by atoms with van der Waals surface area (Å²) in [6, 6.07) is 2.51. The van der Waals surface area contributed by atoms with Gasteiger partial charge in [-0.3, -0.25) is 0 Å². The van der Waals surface area contributed by atoms with Crippen LogP contribution in [-0.4, -0.2) is 6.04 Å². The van der Waals surface area contributed by atoms with Crippen molar-refractivity contribution < 1.29 is 0 Å². The van der Waals surface area contributed by atoms with Crippen LogP contribution in [-0.2, 0) is 6.42 Å². The quantitative estimate of drug-likeness (QED) is 0.722. The second-order valence-corrected chi connectivity index (χ2v) is 4.49. The summed E-state index contributed by atoms with van der Waals surface area (Å²) in [5.41, 5.74) is 7.10. The fraction of sp³-hybridized carbons (Fsp3) is 0.556. The molecule has 0 spiro atoms. The lowest BCUT2D eigenvalue weighted by Crippen LogP contribution is -2.17. The Morgan fingerprint density at radius 1 is 1.55 bits per heavy atom. The molecule has 11 heavy (non-hydrogen) atoms. The van der Waals surface area contributed by atoms with Gasteiger partial charge < -0.3 is 5.73 Å². The third-order valence-corrected chi connectivity index (χ3v) is 2.83. The summed E-state index contributed by atoms with van der Waals surface area (Å²) in [6.07, 6.45) is 1.02. The SMILES string of the molecule is Cc1cc(C)c(CC(C)N)s1. The Bertz CT molecular complexity index is 238. The number of rotatable bonds is 2. The lowest BCUT2D eigenvalue weighted by atomic mass is 10.1. The second kappa shape index (κ2) is 3.37. The van der Waals surface area contributed by atoms with E-state index in [1.807, 2.05) is 11.3 Å². The molecule has 0 bridgehead atoms. The molecule has 2 N–H and O–H groups in total. The van der Waals surface area contributed by atoms with Crippen molar-refractivity contribution in [3.05, 3.63) is 21.4 Å². The Hall–Kier alpha value is -0.340. The molecule has 1 atom stereocenters. The van der Waals surface area contributed by atoms with E-state index in [1.54, 1.807) is 0 Å². The maximum atomic E-state index is 5.71. The summed E-state index contributed by atoms with van der Waals surface area (Å²) < 4.78 is 0. The molecule has 1 rings (SSSR count). The molecule has 1 aromatic heterocycles. The maximum Gasteiger partial charge on any atom is 0.00925 e. The van der Waals surface area contributed by atoms with Crippen molar-refractivity contribution in [3.63, 3.8) is 0 Å². The number of hydrogen-bond acceptors (Lipinski definition) is 2. The number of nitrogens with two attached hydrogens (primary N) is 1. The van der Waals surface area contributed by atoms with Crippen molar-refractivity contribution in [1.82, 2.24) is 0 Å². The van der Waals surface area contributed by atoms with Crippen molar-refractivity contribution in [2.45, 2.75) is 33.2 Å². The van der Waals surface area contributed by atoms with E-state index in [0.717, 1.165) is 6.42 Å². The summed E-state index contributed by atoms with van der Waals surface area (Å²) in [4.78, 5) is 2.83. The molecule has 0 aliphatic heterocycles. The highest BCUT2D eigenvalue weighted by Crippen LogP contribution is 2.21. The molecule has 1 aromatic rings. The molecule has 0 aromatic carbocycles. The minimum Gasteiger partial charge on any atom is -0.328 e. The number of hydrogen-bond donors (Lipinski definition) is 1. The fourth-order valence-corrected chi connectivity index (χ4v) is 2.38. The standard InChI is InChI=1S/C9H15NS/c1-6-4-8(3)11-9(6)5-7(2)10/h4,7H,5,10H2,1-3H3. The van der Waals surface area contributed by atoms with E-state index in [2.05, 4.69) is 26.8 Å². The maximum absolute atomic E-state index is 5.71. The van der Waals surface area contributed by atoms with Gasteiger partial charge in [0.05, 0.1) is 0 Å². The first-order valence-electron chi connectivity index (χ1n) is 3.91. The lowest BCUT2D eigenvalue weighted by Gasteiger charge is -2.02. The minimum absolute atomic E-state index is 0.284. The van der Waals surface area contributed by atoms with Gasteiger partial charge in [0.2, 0.25) is 0 Å². The minimum atomic E-state index is 0.284. The second-order valence-electron chi connectivity index (χ2n) is 3.14. The van der Waals surface area contributed by atoms with E-state index >= 15 is 0 Å². The first-order chi connectivity index (χ1) is 5.09. The summed E-state index contributed by atoms with van der Waals surface area (Å²) in [7, 11) is 0. The largest absolute Gasteiger partial charge is 0.328 e. The Labute approximate surface area is 72.2 Å². The topological polar surface area (TPSA) is 26.0 Å². The Morgan fingerprint density at radius 3 is 2.55 bits per heavy atom. The van der Waals surface area contributed by atoms with E-state index in [9.17, 15) is 0 Å². The van der Waals surface area contributed by atoms with Crippen LogP contribution < -0.4 is 5.73 Å². The van der Waals surface area contributed by atoms with Gasteiger partial charge >= 0.3 is 0 Å². The zero-order valence-corrected chi connectivity index (χ0v) is 8.16. The van der Waals surface area contributed by atoms with Crippen LogP contribution >= 0.6 is 11.3 Å². The van der Waals surface area contributed by atoms with E-state index in [4.69, 9.17) is 5.73 Å². The average molecular weight is 169 g/mol. The van der Waals surface area contributed by atoms with Crippen LogP contribution in [0.2, 0.25) is 0 Å². The van der Waals surface area contributed by atoms with Gasteiger partial charge in [-0.05, 0) is 38.8 Å². The highest BCUT2D eigenvalue weighted by atomic mass is 32.1. The molecule has 0 aliphatic carbocycles. The number of thiophene rings is 1. The molecule has 0 saturated heterocycles. The molecular weight excluding hydrogens is 154 g/mol. The van der Waals surface area contributed by atoms with Crippen LogP contribution in [0, 0.1) is 13.8 Å². The summed E-state index contributed by atoms with van der Waals surface area (Å²) >= 11 is 1.86. The Balaban J connectivity index is 2.77. The highest BCUT2D eigenvalue weighted by molar-refractivity contribution is 7.12. The third-order valence-electron chi connectivity index (χ3n) is 1.65. The molecular formula is C9H15NS. The van der Waals surface area contributed by atoms with Crippen molar-refractivity contribution in [3.8, 4) is 0 Å². The zero-order chi connectivity index (χ0) is 8.43. The van der Waals surface area contributed by atoms with Gasteiger partial charge in [-0.2, -0.15) is 0 Å². The fourth-order valence-electron chi connectivity index (χ4n) is 1.18. The molecule has 1 heterocycles. The van der Waals surface area contributed by atoms with E-state index in [1.165, 1.54) is 15.3 Å². The van der Waals surface area contributed by atoms with Crippen molar-refractivity contribution in [2.24, 2.45) is 5.73 Å². The third kappa shape index (κ3) is 2.31. The highest BCUT2D eigenvalue weighted by Gasteiger charge is 2.04. The molecule has 0 aliphatic rings. The van der Waals surface area contributed by atoms with E-state index in [0.29, 0.717) is 0 Å². The van der Waals surface area contributed by atoms with Crippen molar-refractivity contribution >= 4 is 11.3 Å². The van der Waals surface area contributed by atoms with E-state index < -0.39 is 0 Å². The molecule has 0 radical (unpaired) electrons. The molecule has 0 amide bonds. The Morgan fingerprint density at radius 2 is 2.18 bits per heavy atom. The first kappa shape index (κ1) is 8.75. The zero-order valence-electron chi connectivity index (χ0n) is 7.35. The molecule has 1 unspecified atom stereocenters. The van der Waals surface area contributed by atoms with Crippen molar-refractivity contribution in [1.29, 1.82) is 0 Å². The van der Waals surface area contributed by atoms with E-state index in [-0.39, 0.29) is 6.04 Å².